The highest BCUT2D eigenvalue weighted by Crippen LogP contribution is 2.04. The minimum absolute atomic E-state index is 0.0648. The lowest BCUT2D eigenvalue weighted by Crippen LogP contribution is -2.52. The number of carbonyl (C=O) groups is 1. The standard InChI is InChI=1S/C14H25N5O/c1-3-13-16-5-6-18(13)10-7-17-8-11-19(12-9-17)14(20)15-4-2/h5-6H,3-4,7-12H2,1-2H3,(H,15,20). The molecule has 112 valence electrons. The summed E-state index contributed by atoms with van der Waals surface area (Å²) in [5.74, 6) is 1.14. The van der Waals surface area contributed by atoms with Crippen LogP contribution in [0.25, 0.3) is 0 Å². The molecule has 6 nitrogen and oxygen atoms in total. The van der Waals surface area contributed by atoms with E-state index in [2.05, 4.69) is 26.7 Å². The molecule has 0 radical (unpaired) electrons. The summed E-state index contributed by atoms with van der Waals surface area (Å²) in [5, 5.41) is 2.86. The van der Waals surface area contributed by atoms with E-state index < -0.39 is 0 Å². The van der Waals surface area contributed by atoms with E-state index >= 15 is 0 Å². The summed E-state index contributed by atoms with van der Waals surface area (Å²) in [4.78, 5) is 20.4. The second-order valence-corrected chi connectivity index (χ2v) is 5.05. The maximum atomic E-state index is 11.7. The third-order valence-corrected chi connectivity index (χ3v) is 3.76. The van der Waals surface area contributed by atoms with Crippen LogP contribution < -0.4 is 5.32 Å². The Balaban J connectivity index is 1.73. The molecule has 0 atom stereocenters. The van der Waals surface area contributed by atoms with Crippen molar-refractivity contribution < 1.29 is 4.79 Å². The van der Waals surface area contributed by atoms with Gasteiger partial charge in [0.05, 0.1) is 0 Å². The summed E-state index contributed by atoms with van der Waals surface area (Å²) in [6.07, 6.45) is 4.88. The molecular weight excluding hydrogens is 254 g/mol. The van der Waals surface area contributed by atoms with Crippen LogP contribution in [0.2, 0.25) is 0 Å². The van der Waals surface area contributed by atoms with Crippen LogP contribution in [-0.2, 0) is 13.0 Å². The van der Waals surface area contributed by atoms with Crippen LogP contribution in [0.5, 0.6) is 0 Å². The molecule has 1 aliphatic rings. The van der Waals surface area contributed by atoms with Crippen molar-refractivity contribution in [2.45, 2.75) is 26.8 Å². The molecule has 1 N–H and O–H groups in total. The molecule has 1 saturated heterocycles. The Bertz CT molecular complexity index is 423. The number of urea groups is 1. The van der Waals surface area contributed by atoms with Crippen LogP contribution in [0.3, 0.4) is 0 Å². The molecule has 2 rings (SSSR count). The Morgan fingerprint density at radius 2 is 2.00 bits per heavy atom. The van der Waals surface area contributed by atoms with Crippen molar-refractivity contribution in [1.29, 1.82) is 0 Å². The highest BCUT2D eigenvalue weighted by atomic mass is 16.2. The van der Waals surface area contributed by atoms with Gasteiger partial charge in [0.2, 0.25) is 0 Å². The molecular formula is C14H25N5O. The van der Waals surface area contributed by atoms with E-state index in [1.165, 1.54) is 0 Å². The number of nitrogens with zero attached hydrogens (tertiary/aromatic N) is 4. The van der Waals surface area contributed by atoms with E-state index in [0.29, 0.717) is 6.54 Å². The average molecular weight is 279 g/mol. The average Bonchev–Trinajstić information content (AvgIpc) is 2.93. The van der Waals surface area contributed by atoms with E-state index in [1.807, 2.05) is 24.2 Å². The second kappa shape index (κ2) is 7.28. The number of nitrogens with one attached hydrogen (secondary N) is 1. The van der Waals surface area contributed by atoms with Crippen LogP contribution in [0.15, 0.2) is 12.4 Å². The molecule has 0 aromatic carbocycles. The van der Waals surface area contributed by atoms with E-state index in [9.17, 15) is 4.79 Å². The number of carbonyl (C=O) groups excluding carboxylic acids is 1. The number of hydrogen-bond donors (Lipinski definition) is 1. The maximum Gasteiger partial charge on any atom is 0.317 e. The monoisotopic (exact) mass is 279 g/mol. The van der Waals surface area contributed by atoms with Crippen molar-refractivity contribution in [2.24, 2.45) is 0 Å². The first-order chi connectivity index (χ1) is 9.74. The number of aromatic nitrogens is 2. The third-order valence-electron chi connectivity index (χ3n) is 3.76. The van der Waals surface area contributed by atoms with Gasteiger partial charge in [-0.3, -0.25) is 4.90 Å². The molecule has 1 aromatic rings. The first-order valence-corrected chi connectivity index (χ1v) is 7.49. The van der Waals surface area contributed by atoms with Crippen molar-refractivity contribution in [3.05, 3.63) is 18.2 Å². The third kappa shape index (κ3) is 3.72. The zero-order valence-corrected chi connectivity index (χ0v) is 12.5. The Hall–Kier alpha value is -1.56. The van der Waals surface area contributed by atoms with Crippen LogP contribution in [0.1, 0.15) is 19.7 Å². The largest absolute Gasteiger partial charge is 0.338 e. The highest BCUT2D eigenvalue weighted by molar-refractivity contribution is 5.74. The fraction of sp³-hybridized carbons (Fsp3) is 0.714. The second-order valence-electron chi connectivity index (χ2n) is 5.05. The molecule has 0 saturated carbocycles. The number of aryl methyl sites for hydroxylation is 1. The molecule has 20 heavy (non-hydrogen) atoms. The molecule has 2 heterocycles. The van der Waals surface area contributed by atoms with Crippen molar-refractivity contribution in [2.75, 3.05) is 39.3 Å². The van der Waals surface area contributed by atoms with Gasteiger partial charge in [0.15, 0.2) is 0 Å². The van der Waals surface area contributed by atoms with E-state index in [1.54, 1.807) is 0 Å². The SMILES string of the molecule is CCNC(=O)N1CCN(CCn2ccnc2CC)CC1. The summed E-state index contributed by atoms with van der Waals surface area (Å²) < 4.78 is 2.22. The quantitative estimate of drug-likeness (QED) is 0.867. The summed E-state index contributed by atoms with van der Waals surface area (Å²) in [7, 11) is 0. The summed E-state index contributed by atoms with van der Waals surface area (Å²) in [6.45, 7) is 10.3. The summed E-state index contributed by atoms with van der Waals surface area (Å²) in [5.41, 5.74) is 0. The van der Waals surface area contributed by atoms with Gasteiger partial charge < -0.3 is 14.8 Å². The van der Waals surface area contributed by atoms with Crippen molar-refractivity contribution >= 4 is 6.03 Å². The van der Waals surface area contributed by atoms with Crippen molar-refractivity contribution in [3.63, 3.8) is 0 Å². The topological polar surface area (TPSA) is 53.4 Å². The van der Waals surface area contributed by atoms with Gasteiger partial charge in [-0.05, 0) is 6.92 Å². The Labute approximate surface area is 120 Å². The molecule has 1 aromatic heterocycles. The van der Waals surface area contributed by atoms with E-state index in [4.69, 9.17) is 0 Å². The fourth-order valence-corrected chi connectivity index (χ4v) is 2.54. The lowest BCUT2D eigenvalue weighted by Gasteiger charge is -2.34. The predicted octanol–water partition coefficient (Wildman–Crippen LogP) is 0.793. The normalized spacial score (nSPS) is 16.4. The molecule has 0 bridgehead atoms. The first-order valence-electron chi connectivity index (χ1n) is 7.49. The van der Waals surface area contributed by atoms with Crippen molar-refractivity contribution in [3.8, 4) is 0 Å². The van der Waals surface area contributed by atoms with Gasteiger partial charge in [-0.25, -0.2) is 9.78 Å². The zero-order valence-electron chi connectivity index (χ0n) is 12.5. The number of rotatable bonds is 5. The van der Waals surface area contributed by atoms with Gasteiger partial charge in [-0.15, -0.1) is 0 Å². The Morgan fingerprint density at radius 3 is 2.65 bits per heavy atom. The first kappa shape index (κ1) is 14.8. The van der Waals surface area contributed by atoms with E-state index in [0.717, 1.165) is 51.5 Å². The lowest BCUT2D eigenvalue weighted by molar-refractivity contribution is 0.137. The van der Waals surface area contributed by atoms with Crippen LogP contribution in [0, 0.1) is 0 Å². The number of imidazole rings is 1. The molecule has 1 fully saturated rings. The molecule has 1 aliphatic heterocycles. The molecule has 0 aliphatic carbocycles. The van der Waals surface area contributed by atoms with Gasteiger partial charge >= 0.3 is 6.03 Å². The Kier molecular flexibility index (Phi) is 5.40. The molecule has 2 amide bonds. The van der Waals surface area contributed by atoms with Crippen molar-refractivity contribution in [1.82, 2.24) is 24.7 Å². The van der Waals surface area contributed by atoms with E-state index in [-0.39, 0.29) is 6.03 Å². The van der Waals surface area contributed by atoms with Gasteiger partial charge in [-0.1, -0.05) is 6.92 Å². The minimum Gasteiger partial charge on any atom is -0.338 e. The maximum absolute atomic E-state index is 11.7. The van der Waals surface area contributed by atoms with Crippen LogP contribution >= 0.6 is 0 Å². The zero-order chi connectivity index (χ0) is 14.4. The highest BCUT2D eigenvalue weighted by Gasteiger charge is 2.20. The number of piperazine rings is 1. The molecule has 6 heteroatoms. The van der Waals surface area contributed by atoms with Gasteiger partial charge in [0, 0.05) is 64.6 Å². The smallest absolute Gasteiger partial charge is 0.317 e. The predicted molar refractivity (Wildman–Crippen MR) is 78.7 cm³/mol. The van der Waals surface area contributed by atoms with Gasteiger partial charge in [0.25, 0.3) is 0 Å². The summed E-state index contributed by atoms with van der Waals surface area (Å²) >= 11 is 0. The number of amides is 2. The molecule has 0 unspecified atom stereocenters. The fourth-order valence-electron chi connectivity index (χ4n) is 2.54. The number of hydrogen-bond acceptors (Lipinski definition) is 3. The molecule has 0 spiro atoms. The lowest BCUT2D eigenvalue weighted by atomic mass is 10.3. The van der Waals surface area contributed by atoms with Gasteiger partial charge in [-0.2, -0.15) is 0 Å². The summed E-state index contributed by atoms with van der Waals surface area (Å²) in [6, 6.07) is 0.0648. The van der Waals surface area contributed by atoms with Crippen LogP contribution in [0.4, 0.5) is 4.79 Å². The Morgan fingerprint density at radius 1 is 1.25 bits per heavy atom. The minimum atomic E-state index is 0.0648. The van der Waals surface area contributed by atoms with Crippen LogP contribution in [-0.4, -0.2) is 64.7 Å². The van der Waals surface area contributed by atoms with Gasteiger partial charge in [0.1, 0.15) is 5.82 Å².